The summed E-state index contributed by atoms with van der Waals surface area (Å²) in [5.41, 5.74) is 4.99. The summed E-state index contributed by atoms with van der Waals surface area (Å²) in [5.74, 6) is 0. The van der Waals surface area contributed by atoms with Crippen molar-refractivity contribution in [2.24, 2.45) is 0 Å². The largest absolute Gasteiger partial charge is 0.381 e. The number of anilines is 3. The van der Waals surface area contributed by atoms with Gasteiger partial charge in [-0.25, -0.2) is 0 Å². The van der Waals surface area contributed by atoms with Crippen LogP contribution in [0.25, 0.3) is 0 Å². The van der Waals surface area contributed by atoms with Gasteiger partial charge in [-0.1, -0.05) is 30.3 Å². The third kappa shape index (κ3) is 3.13. The maximum absolute atomic E-state index is 3.54. The first-order valence-electron chi connectivity index (χ1n) is 7.32. The minimum atomic E-state index is 0.423. The first kappa shape index (κ1) is 14.4. The normalized spacial score (nSPS) is 10.7. The molecule has 0 aliphatic carbocycles. The van der Waals surface area contributed by atoms with Gasteiger partial charge in [0.2, 0.25) is 0 Å². The molecule has 0 unspecified atom stereocenters. The summed E-state index contributed by atoms with van der Waals surface area (Å²) < 4.78 is 0. The van der Waals surface area contributed by atoms with Gasteiger partial charge in [-0.15, -0.1) is 0 Å². The highest BCUT2D eigenvalue weighted by Gasteiger charge is 2.13. The average Bonchev–Trinajstić information content (AvgIpc) is 2.43. The lowest BCUT2D eigenvalue weighted by Gasteiger charge is -2.28. The zero-order valence-corrected chi connectivity index (χ0v) is 12.9. The van der Waals surface area contributed by atoms with Crippen LogP contribution in [-0.2, 0) is 0 Å². The van der Waals surface area contributed by atoms with Crippen molar-refractivity contribution in [2.45, 2.75) is 33.7 Å². The second-order valence-electron chi connectivity index (χ2n) is 5.35. The van der Waals surface area contributed by atoms with Crippen molar-refractivity contribution >= 4 is 17.1 Å². The van der Waals surface area contributed by atoms with Gasteiger partial charge < -0.3 is 10.2 Å². The highest BCUT2D eigenvalue weighted by atomic mass is 15.2. The molecule has 2 aromatic rings. The number of aryl methyl sites for hydroxylation is 1. The van der Waals surface area contributed by atoms with E-state index in [0.717, 1.165) is 6.54 Å². The van der Waals surface area contributed by atoms with Crippen LogP contribution in [0.4, 0.5) is 17.1 Å². The maximum Gasteiger partial charge on any atom is 0.0646 e. The Labute approximate surface area is 122 Å². The Kier molecular flexibility index (Phi) is 4.67. The van der Waals surface area contributed by atoms with E-state index in [1.54, 1.807) is 0 Å². The molecule has 0 heterocycles. The lowest BCUT2D eigenvalue weighted by atomic mass is 10.1. The fourth-order valence-corrected chi connectivity index (χ4v) is 2.48. The van der Waals surface area contributed by atoms with Crippen LogP contribution < -0.4 is 10.2 Å². The zero-order valence-electron chi connectivity index (χ0n) is 12.9. The summed E-state index contributed by atoms with van der Waals surface area (Å²) in [7, 11) is 0. The van der Waals surface area contributed by atoms with Gasteiger partial charge in [0.15, 0.2) is 0 Å². The summed E-state index contributed by atoms with van der Waals surface area (Å²) in [6, 6.07) is 17.5. The molecule has 0 bridgehead atoms. The molecule has 1 N–H and O–H groups in total. The van der Waals surface area contributed by atoms with Crippen LogP contribution in [0.5, 0.6) is 0 Å². The molecule has 0 aliphatic heterocycles. The molecule has 0 saturated carbocycles. The Morgan fingerprint density at radius 1 is 0.950 bits per heavy atom. The molecule has 0 amide bonds. The molecule has 106 valence electrons. The fourth-order valence-electron chi connectivity index (χ4n) is 2.48. The molecule has 2 nitrogen and oxygen atoms in total. The van der Waals surface area contributed by atoms with Crippen molar-refractivity contribution < 1.29 is 0 Å². The molecule has 0 radical (unpaired) electrons. The summed E-state index contributed by atoms with van der Waals surface area (Å²) in [6.07, 6.45) is 0. The lowest BCUT2D eigenvalue weighted by molar-refractivity contribution is 0.896. The Morgan fingerprint density at radius 2 is 1.55 bits per heavy atom. The van der Waals surface area contributed by atoms with E-state index in [0.29, 0.717) is 6.04 Å². The highest BCUT2D eigenvalue weighted by Crippen LogP contribution is 2.33. The molecule has 20 heavy (non-hydrogen) atoms. The number of nitrogens with zero attached hydrogens (tertiary/aromatic N) is 1. The minimum Gasteiger partial charge on any atom is -0.381 e. The number of nitrogens with one attached hydrogen (secondary N) is 1. The Bertz CT molecular complexity index is 561. The van der Waals surface area contributed by atoms with Crippen LogP contribution in [0, 0.1) is 6.92 Å². The van der Waals surface area contributed by atoms with Crippen LogP contribution in [0.15, 0.2) is 48.5 Å². The predicted molar refractivity (Wildman–Crippen MR) is 89.1 cm³/mol. The fraction of sp³-hybridized carbons (Fsp3) is 0.333. The minimum absolute atomic E-state index is 0.423. The molecule has 0 fully saturated rings. The van der Waals surface area contributed by atoms with Gasteiger partial charge in [0, 0.05) is 18.3 Å². The van der Waals surface area contributed by atoms with Crippen LogP contribution in [-0.4, -0.2) is 12.6 Å². The van der Waals surface area contributed by atoms with Gasteiger partial charge >= 0.3 is 0 Å². The van der Waals surface area contributed by atoms with E-state index in [1.165, 1.54) is 22.6 Å². The number of benzene rings is 2. The quantitative estimate of drug-likeness (QED) is 0.823. The number of rotatable bonds is 5. The molecule has 0 spiro atoms. The average molecular weight is 268 g/mol. The summed E-state index contributed by atoms with van der Waals surface area (Å²) in [6.45, 7) is 9.64. The zero-order chi connectivity index (χ0) is 14.5. The Hall–Kier alpha value is -1.96. The van der Waals surface area contributed by atoms with E-state index in [-0.39, 0.29) is 0 Å². The predicted octanol–water partition coefficient (Wildman–Crippen LogP) is 4.97. The van der Waals surface area contributed by atoms with Crippen molar-refractivity contribution in [3.8, 4) is 0 Å². The summed E-state index contributed by atoms with van der Waals surface area (Å²) in [4.78, 5) is 2.36. The summed E-state index contributed by atoms with van der Waals surface area (Å²) >= 11 is 0. The van der Waals surface area contributed by atoms with Gasteiger partial charge in [-0.05, 0) is 51.5 Å². The SMILES string of the molecule is CCN(c1ccccc1C)c1ccccc1NC(C)C. The first-order valence-corrected chi connectivity index (χ1v) is 7.32. The van der Waals surface area contributed by atoms with Crippen LogP contribution in [0.1, 0.15) is 26.3 Å². The second kappa shape index (κ2) is 6.47. The van der Waals surface area contributed by atoms with Crippen LogP contribution in [0.2, 0.25) is 0 Å². The van der Waals surface area contributed by atoms with E-state index in [1.807, 2.05) is 0 Å². The van der Waals surface area contributed by atoms with E-state index in [4.69, 9.17) is 0 Å². The standard InChI is InChI=1S/C18H24N2/c1-5-20(17-12-8-6-10-15(17)4)18-13-9-7-11-16(18)19-14(2)3/h6-14,19H,5H2,1-4H3. The van der Waals surface area contributed by atoms with E-state index < -0.39 is 0 Å². The molecular formula is C18H24N2. The van der Waals surface area contributed by atoms with Crippen LogP contribution >= 0.6 is 0 Å². The monoisotopic (exact) mass is 268 g/mol. The number of hydrogen-bond donors (Lipinski definition) is 1. The smallest absolute Gasteiger partial charge is 0.0646 e. The Morgan fingerprint density at radius 3 is 2.15 bits per heavy atom. The van der Waals surface area contributed by atoms with E-state index in [9.17, 15) is 0 Å². The highest BCUT2D eigenvalue weighted by molar-refractivity contribution is 5.77. The third-order valence-electron chi connectivity index (χ3n) is 3.36. The van der Waals surface area contributed by atoms with Crippen molar-refractivity contribution in [2.75, 3.05) is 16.8 Å². The molecule has 0 aliphatic rings. The molecule has 0 aromatic heterocycles. The van der Waals surface area contributed by atoms with Crippen molar-refractivity contribution in [3.05, 3.63) is 54.1 Å². The van der Waals surface area contributed by atoms with Gasteiger partial charge in [0.05, 0.1) is 11.4 Å². The molecule has 2 heteroatoms. The molecule has 2 rings (SSSR count). The maximum atomic E-state index is 3.54. The number of hydrogen-bond acceptors (Lipinski definition) is 2. The third-order valence-corrected chi connectivity index (χ3v) is 3.36. The van der Waals surface area contributed by atoms with Crippen LogP contribution in [0.3, 0.4) is 0 Å². The molecule has 0 atom stereocenters. The van der Waals surface area contributed by atoms with Crippen molar-refractivity contribution in [1.29, 1.82) is 0 Å². The van der Waals surface area contributed by atoms with Gasteiger partial charge in [-0.2, -0.15) is 0 Å². The van der Waals surface area contributed by atoms with E-state index >= 15 is 0 Å². The Balaban J connectivity index is 2.45. The van der Waals surface area contributed by atoms with Gasteiger partial charge in [-0.3, -0.25) is 0 Å². The van der Waals surface area contributed by atoms with Crippen molar-refractivity contribution in [3.63, 3.8) is 0 Å². The topological polar surface area (TPSA) is 15.3 Å². The van der Waals surface area contributed by atoms with Crippen molar-refractivity contribution in [1.82, 2.24) is 0 Å². The second-order valence-corrected chi connectivity index (χ2v) is 5.35. The first-order chi connectivity index (χ1) is 9.63. The lowest BCUT2D eigenvalue weighted by Crippen LogP contribution is -2.20. The number of para-hydroxylation sites is 3. The molecular weight excluding hydrogens is 244 g/mol. The molecule has 2 aromatic carbocycles. The summed E-state index contributed by atoms with van der Waals surface area (Å²) in [5, 5.41) is 3.54. The van der Waals surface area contributed by atoms with Gasteiger partial charge in [0.25, 0.3) is 0 Å². The molecule has 0 saturated heterocycles. The van der Waals surface area contributed by atoms with E-state index in [2.05, 4.69) is 86.4 Å². The van der Waals surface area contributed by atoms with Gasteiger partial charge in [0.1, 0.15) is 0 Å².